The van der Waals surface area contributed by atoms with Gasteiger partial charge in [0.05, 0.1) is 0 Å². The molecule has 1 N–H and O–H groups in total. The number of carbonyl (C=O) groups excluding carboxylic acids is 1. The fourth-order valence-corrected chi connectivity index (χ4v) is 1.76. The minimum atomic E-state index is -0.432. The lowest BCUT2D eigenvalue weighted by atomic mass is 10.4. The summed E-state index contributed by atoms with van der Waals surface area (Å²) in [6.07, 6.45) is 4.24. The van der Waals surface area contributed by atoms with Gasteiger partial charge in [0.2, 0.25) is 5.91 Å². The molecule has 6 nitrogen and oxygen atoms in total. The molecule has 1 heterocycles. The van der Waals surface area contributed by atoms with E-state index in [1.54, 1.807) is 0 Å². The van der Waals surface area contributed by atoms with Gasteiger partial charge in [-0.15, -0.1) is 0 Å². The lowest BCUT2D eigenvalue weighted by Gasteiger charge is -2.09. The molecule has 6 heteroatoms. The molecule has 1 aliphatic carbocycles. The minimum Gasteiger partial charge on any atom is -0.352 e. The third-order valence-electron chi connectivity index (χ3n) is 2.85. The predicted octanol–water partition coefficient (Wildman–Crippen LogP) is -0.301. The molecular weight excluding hydrogens is 234 g/mol. The molecule has 1 fully saturated rings. The molecule has 0 spiro atoms. The van der Waals surface area contributed by atoms with Gasteiger partial charge in [0, 0.05) is 24.8 Å². The van der Waals surface area contributed by atoms with E-state index in [0.29, 0.717) is 6.54 Å². The monoisotopic (exact) mass is 251 g/mol. The molecule has 1 aliphatic rings. The molecule has 0 atom stereocenters. The zero-order valence-corrected chi connectivity index (χ0v) is 10.4. The van der Waals surface area contributed by atoms with Crippen molar-refractivity contribution in [3.05, 3.63) is 33.1 Å². The van der Waals surface area contributed by atoms with Crippen LogP contribution in [0.5, 0.6) is 0 Å². The van der Waals surface area contributed by atoms with E-state index in [0.717, 1.165) is 23.8 Å². The highest BCUT2D eigenvalue weighted by Crippen LogP contribution is 2.18. The van der Waals surface area contributed by atoms with Gasteiger partial charge in [0.25, 0.3) is 5.56 Å². The Balaban J connectivity index is 2.19. The van der Waals surface area contributed by atoms with Gasteiger partial charge in [0.1, 0.15) is 6.54 Å². The highest BCUT2D eigenvalue weighted by atomic mass is 16.2. The van der Waals surface area contributed by atoms with Gasteiger partial charge in [-0.3, -0.25) is 14.2 Å². The largest absolute Gasteiger partial charge is 0.352 e. The average molecular weight is 251 g/mol. The molecule has 98 valence electrons. The molecule has 2 rings (SSSR count). The van der Waals surface area contributed by atoms with Gasteiger partial charge in [0.15, 0.2) is 0 Å². The summed E-state index contributed by atoms with van der Waals surface area (Å²) in [6.45, 7) is 2.30. The Bertz CT molecular complexity index is 554. The van der Waals surface area contributed by atoms with E-state index < -0.39 is 11.2 Å². The second-order valence-corrected chi connectivity index (χ2v) is 4.56. The predicted molar refractivity (Wildman–Crippen MR) is 66.4 cm³/mol. The molecule has 1 aromatic rings. The number of carbonyl (C=O) groups is 1. The van der Waals surface area contributed by atoms with Crippen LogP contribution in [0.15, 0.2) is 21.9 Å². The van der Waals surface area contributed by atoms with Crippen LogP contribution in [0.1, 0.15) is 26.2 Å². The summed E-state index contributed by atoms with van der Waals surface area (Å²) < 4.78 is 2.43. The fraction of sp³-hybridized carbons (Fsp3) is 0.583. The molecule has 0 radical (unpaired) electrons. The van der Waals surface area contributed by atoms with Crippen LogP contribution in [-0.2, 0) is 17.9 Å². The van der Waals surface area contributed by atoms with Gasteiger partial charge in [-0.05, 0) is 19.3 Å². The molecule has 0 saturated heterocycles. The van der Waals surface area contributed by atoms with Crippen LogP contribution < -0.4 is 16.6 Å². The maximum absolute atomic E-state index is 12.0. The lowest BCUT2D eigenvalue weighted by molar-refractivity contribution is -0.121. The van der Waals surface area contributed by atoms with Crippen LogP contribution in [0.4, 0.5) is 0 Å². The Morgan fingerprint density at radius 1 is 1.44 bits per heavy atom. The number of rotatable bonds is 5. The van der Waals surface area contributed by atoms with Crippen molar-refractivity contribution < 1.29 is 4.79 Å². The minimum absolute atomic E-state index is 0.196. The second-order valence-electron chi connectivity index (χ2n) is 4.56. The van der Waals surface area contributed by atoms with Crippen molar-refractivity contribution in [1.29, 1.82) is 0 Å². The van der Waals surface area contributed by atoms with Crippen molar-refractivity contribution in [1.82, 2.24) is 14.5 Å². The van der Waals surface area contributed by atoms with Crippen molar-refractivity contribution in [2.75, 3.05) is 0 Å². The Morgan fingerprint density at radius 2 is 2.17 bits per heavy atom. The molecule has 18 heavy (non-hydrogen) atoms. The summed E-state index contributed by atoms with van der Waals surface area (Å²) in [6, 6.07) is 1.55. The van der Waals surface area contributed by atoms with Gasteiger partial charge in [-0.25, -0.2) is 4.79 Å². The van der Waals surface area contributed by atoms with Crippen LogP contribution >= 0.6 is 0 Å². The normalized spacial score (nSPS) is 14.5. The molecule has 1 amide bonds. The number of aromatic nitrogens is 2. The SMILES string of the molecule is CCCn1ccc(=O)n(CC(=O)NC2CC2)c1=O. The van der Waals surface area contributed by atoms with Crippen molar-refractivity contribution in [2.45, 2.75) is 45.3 Å². The first-order valence-electron chi connectivity index (χ1n) is 6.21. The van der Waals surface area contributed by atoms with Crippen LogP contribution in [0.3, 0.4) is 0 Å². The highest BCUT2D eigenvalue weighted by molar-refractivity contribution is 5.76. The third kappa shape index (κ3) is 2.88. The van der Waals surface area contributed by atoms with Crippen molar-refractivity contribution in [3.8, 4) is 0 Å². The van der Waals surface area contributed by atoms with Crippen LogP contribution in [-0.4, -0.2) is 21.1 Å². The smallest absolute Gasteiger partial charge is 0.331 e. The Labute approximate surface area is 104 Å². The van der Waals surface area contributed by atoms with Gasteiger partial charge >= 0.3 is 5.69 Å². The van der Waals surface area contributed by atoms with E-state index in [9.17, 15) is 14.4 Å². The topological polar surface area (TPSA) is 73.1 Å². The number of amides is 1. The van der Waals surface area contributed by atoms with E-state index in [1.165, 1.54) is 16.8 Å². The van der Waals surface area contributed by atoms with Crippen molar-refractivity contribution in [3.63, 3.8) is 0 Å². The van der Waals surface area contributed by atoms with E-state index in [1.807, 2.05) is 6.92 Å². The lowest BCUT2D eigenvalue weighted by Crippen LogP contribution is -2.43. The first kappa shape index (κ1) is 12.6. The highest BCUT2D eigenvalue weighted by Gasteiger charge is 2.23. The number of hydrogen-bond donors (Lipinski definition) is 1. The molecule has 0 bridgehead atoms. The average Bonchev–Trinajstić information content (AvgIpc) is 3.12. The summed E-state index contributed by atoms with van der Waals surface area (Å²) in [7, 11) is 0. The first-order valence-corrected chi connectivity index (χ1v) is 6.21. The Kier molecular flexibility index (Phi) is 3.64. The summed E-state index contributed by atoms with van der Waals surface area (Å²) in [5.41, 5.74) is -0.853. The van der Waals surface area contributed by atoms with Crippen LogP contribution in [0.25, 0.3) is 0 Å². The summed E-state index contributed by atoms with van der Waals surface area (Å²) in [4.78, 5) is 35.2. The molecule has 0 aliphatic heterocycles. The summed E-state index contributed by atoms with van der Waals surface area (Å²) in [5, 5.41) is 2.76. The van der Waals surface area contributed by atoms with Crippen LogP contribution in [0, 0.1) is 0 Å². The van der Waals surface area contributed by atoms with Crippen molar-refractivity contribution >= 4 is 5.91 Å². The zero-order valence-electron chi connectivity index (χ0n) is 10.4. The van der Waals surface area contributed by atoms with Crippen LogP contribution in [0.2, 0.25) is 0 Å². The standard InChI is InChI=1S/C12H17N3O3/c1-2-6-14-7-5-11(17)15(12(14)18)8-10(16)13-9-3-4-9/h5,7,9H,2-4,6,8H2,1H3,(H,13,16). The second kappa shape index (κ2) is 5.20. The summed E-state index contributed by atoms with van der Waals surface area (Å²) in [5.74, 6) is -0.272. The molecular formula is C12H17N3O3. The van der Waals surface area contributed by atoms with E-state index >= 15 is 0 Å². The maximum Gasteiger partial charge on any atom is 0.331 e. The molecule has 1 saturated carbocycles. The molecule has 1 aromatic heterocycles. The van der Waals surface area contributed by atoms with Gasteiger partial charge < -0.3 is 9.88 Å². The number of nitrogens with one attached hydrogen (secondary N) is 1. The third-order valence-corrected chi connectivity index (χ3v) is 2.85. The Hall–Kier alpha value is -1.85. The molecule has 0 unspecified atom stereocenters. The summed E-state index contributed by atoms with van der Waals surface area (Å²) >= 11 is 0. The Morgan fingerprint density at radius 3 is 2.78 bits per heavy atom. The maximum atomic E-state index is 12.0. The van der Waals surface area contributed by atoms with E-state index in [-0.39, 0.29) is 18.5 Å². The molecule has 0 aromatic carbocycles. The van der Waals surface area contributed by atoms with Gasteiger partial charge in [-0.1, -0.05) is 6.92 Å². The number of aryl methyl sites for hydroxylation is 1. The van der Waals surface area contributed by atoms with Crippen molar-refractivity contribution in [2.24, 2.45) is 0 Å². The van der Waals surface area contributed by atoms with Gasteiger partial charge in [-0.2, -0.15) is 0 Å². The number of hydrogen-bond acceptors (Lipinski definition) is 3. The van der Waals surface area contributed by atoms with E-state index in [4.69, 9.17) is 0 Å². The zero-order chi connectivity index (χ0) is 13.1. The van der Waals surface area contributed by atoms with E-state index in [2.05, 4.69) is 5.32 Å². The number of nitrogens with zero attached hydrogens (tertiary/aromatic N) is 2. The first-order chi connectivity index (χ1) is 8.61. The fourth-order valence-electron chi connectivity index (χ4n) is 1.76. The quantitative estimate of drug-likeness (QED) is 0.780.